The maximum Gasteiger partial charge on any atom is 0.303 e. The molecule has 0 aliphatic heterocycles. The standard InChI is InChI=1S/C9H10N2O4S/c10-8(15)5-3-4-16-9(5)11-6(12)1-2-7(13)14/h3-4H,1-2H2,(H2,10,15)(H,11,12)(H,13,14). The lowest BCUT2D eigenvalue weighted by atomic mass is 10.3. The minimum atomic E-state index is -1.04. The number of rotatable bonds is 5. The van der Waals surface area contributed by atoms with Crippen molar-refractivity contribution in [2.45, 2.75) is 12.8 Å². The number of primary amides is 1. The van der Waals surface area contributed by atoms with Crippen molar-refractivity contribution in [3.8, 4) is 0 Å². The number of aliphatic carboxylic acids is 1. The van der Waals surface area contributed by atoms with Crippen molar-refractivity contribution in [3.63, 3.8) is 0 Å². The second kappa shape index (κ2) is 5.26. The van der Waals surface area contributed by atoms with Crippen LogP contribution in [-0.4, -0.2) is 22.9 Å². The van der Waals surface area contributed by atoms with Crippen LogP contribution in [0.4, 0.5) is 5.00 Å². The maximum atomic E-state index is 11.3. The van der Waals surface area contributed by atoms with Gasteiger partial charge in [-0.2, -0.15) is 0 Å². The van der Waals surface area contributed by atoms with Gasteiger partial charge < -0.3 is 16.2 Å². The van der Waals surface area contributed by atoms with Gasteiger partial charge in [0.2, 0.25) is 5.91 Å². The Labute approximate surface area is 95.1 Å². The average molecular weight is 242 g/mol. The summed E-state index contributed by atoms with van der Waals surface area (Å²) in [6, 6.07) is 1.50. The normalized spacial score (nSPS) is 9.75. The van der Waals surface area contributed by atoms with Crippen LogP contribution in [-0.2, 0) is 9.59 Å². The van der Waals surface area contributed by atoms with Crippen LogP contribution in [0.1, 0.15) is 23.2 Å². The molecule has 1 rings (SSSR count). The van der Waals surface area contributed by atoms with Gasteiger partial charge in [0.25, 0.3) is 5.91 Å². The summed E-state index contributed by atoms with van der Waals surface area (Å²) < 4.78 is 0. The second-order valence-electron chi connectivity index (χ2n) is 2.97. The number of amides is 2. The highest BCUT2D eigenvalue weighted by Gasteiger charge is 2.12. The fourth-order valence-corrected chi connectivity index (χ4v) is 1.82. The number of hydrogen-bond acceptors (Lipinski definition) is 4. The van der Waals surface area contributed by atoms with Crippen molar-refractivity contribution in [2.75, 3.05) is 5.32 Å². The fourth-order valence-electron chi connectivity index (χ4n) is 1.01. The molecule has 2 amide bonds. The van der Waals surface area contributed by atoms with E-state index in [1.165, 1.54) is 6.07 Å². The summed E-state index contributed by atoms with van der Waals surface area (Å²) in [7, 11) is 0. The summed E-state index contributed by atoms with van der Waals surface area (Å²) in [5.41, 5.74) is 5.31. The van der Waals surface area contributed by atoms with E-state index in [1.54, 1.807) is 5.38 Å². The molecule has 0 spiro atoms. The molecule has 1 heterocycles. The molecule has 7 heteroatoms. The molecule has 0 aromatic carbocycles. The Hall–Kier alpha value is -1.89. The molecule has 0 atom stereocenters. The Morgan fingerprint density at radius 2 is 2.06 bits per heavy atom. The van der Waals surface area contributed by atoms with Gasteiger partial charge in [-0.05, 0) is 11.4 Å². The molecule has 0 aliphatic carbocycles. The molecular weight excluding hydrogens is 232 g/mol. The van der Waals surface area contributed by atoms with Gasteiger partial charge in [0.05, 0.1) is 12.0 Å². The Bertz CT molecular complexity index is 427. The van der Waals surface area contributed by atoms with Crippen molar-refractivity contribution in [3.05, 3.63) is 17.0 Å². The van der Waals surface area contributed by atoms with Crippen molar-refractivity contribution < 1.29 is 19.5 Å². The predicted octanol–water partition coefficient (Wildman–Crippen LogP) is 0.650. The average Bonchev–Trinajstić information content (AvgIpc) is 2.62. The molecule has 16 heavy (non-hydrogen) atoms. The summed E-state index contributed by atoms with van der Waals surface area (Å²) >= 11 is 1.16. The number of carbonyl (C=O) groups excluding carboxylic acids is 2. The molecule has 0 unspecified atom stereocenters. The third-order valence-corrected chi connectivity index (χ3v) is 2.58. The number of hydrogen-bond donors (Lipinski definition) is 3. The van der Waals surface area contributed by atoms with E-state index in [1.807, 2.05) is 0 Å². The Morgan fingerprint density at radius 3 is 2.62 bits per heavy atom. The molecule has 6 nitrogen and oxygen atoms in total. The van der Waals surface area contributed by atoms with Crippen molar-refractivity contribution in [1.29, 1.82) is 0 Å². The number of nitrogens with one attached hydrogen (secondary N) is 1. The number of anilines is 1. The van der Waals surface area contributed by atoms with Gasteiger partial charge in [0.15, 0.2) is 0 Å². The zero-order valence-corrected chi connectivity index (χ0v) is 9.04. The van der Waals surface area contributed by atoms with Gasteiger partial charge in [0.1, 0.15) is 5.00 Å². The van der Waals surface area contributed by atoms with Crippen LogP contribution in [0.5, 0.6) is 0 Å². The molecular formula is C9H10N2O4S. The zero-order valence-electron chi connectivity index (χ0n) is 8.23. The van der Waals surface area contributed by atoms with Crippen LogP contribution < -0.4 is 11.1 Å². The fraction of sp³-hybridized carbons (Fsp3) is 0.222. The predicted molar refractivity (Wildman–Crippen MR) is 58.3 cm³/mol. The van der Waals surface area contributed by atoms with Crippen molar-refractivity contribution in [1.82, 2.24) is 0 Å². The smallest absolute Gasteiger partial charge is 0.303 e. The highest BCUT2D eigenvalue weighted by molar-refractivity contribution is 7.14. The number of carboxylic acids is 1. The highest BCUT2D eigenvalue weighted by Crippen LogP contribution is 2.22. The monoisotopic (exact) mass is 242 g/mol. The third kappa shape index (κ3) is 3.35. The zero-order chi connectivity index (χ0) is 12.1. The first-order valence-corrected chi connectivity index (χ1v) is 5.27. The van der Waals surface area contributed by atoms with Crippen LogP contribution in [0.25, 0.3) is 0 Å². The molecule has 0 aliphatic rings. The Morgan fingerprint density at radius 1 is 1.38 bits per heavy atom. The molecule has 4 N–H and O–H groups in total. The number of nitrogens with two attached hydrogens (primary N) is 1. The first kappa shape index (κ1) is 12.2. The quantitative estimate of drug-likeness (QED) is 0.704. The SMILES string of the molecule is NC(=O)c1ccsc1NC(=O)CCC(=O)O. The maximum absolute atomic E-state index is 11.3. The van der Waals surface area contributed by atoms with E-state index in [0.29, 0.717) is 5.00 Å². The van der Waals surface area contributed by atoms with Gasteiger partial charge in [-0.3, -0.25) is 14.4 Å². The number of carboxylic acid groups (broad SMARTS) is 1. The second-order valence-corrected chi connectivity index (χ2v) is 3.89. The van der Waals surface area contributed by atoms with Crippen LogP contribution in [0.15, 0.2) is 11.4 Å². The van der Waals surface area contributed by atoms with Crippen LogP contribution in [0.2, 0.25) is 0 Å². The summed E-state index contributed by atoms with van der Waals surface area (Å²) in [5, 5.41) is 12.8. The number of carbonyl (C=O) groups is 3. The van der Waals surface area contributed by atoms with Gasteiger partial charge in [-0.1, -0.05) is 0 Å². The van der Waals surface area contributed by atoms with Gasteiger partial charge in [-0.25, -0.2) is 0 Å². The molecule has 0 saturated carbocycles. The molecule has 1 aromatic heterocycles. The molecule has 86 valence electrons. The third-order valence-electron chi connectivity index (χ3n) is 1.75. The Kier molecular flexibility index (Phi) is 4.01. The molecule has 0 bridgehead atoms. The van der Waals surface area contributed by atoms with Crippen LogP contribution >= 0.6 is 11.3 Å². The lowest BCUT2D eigenvalue weighted by Crippen LogP contribution is -2.17. The van der Waals surface area contributed by atoms with E-state index in [2.05, 4.69) is 5.32 Å². The molecule has 0 saturated heterocycles. The van der Waals surface area contributed by atoms with E-state index in [-0.39, 0.29) is 18.4 Å². The largest absolute Gasteiger partial charge is 0.481 e. The summed E-state index contributed by atoms with van der Waals surface area (Å²) in [5.74, 6) is -2.13. The van der Waals surface area contributed by atoms with Crippen LogP contribution in [0, 0.1) is 0 Å². The van der Waals surface area contributed by atoms with E-state index < -0.39 is 17.8 Å². The lowest BCUT2D eigenvalue weighted by Gasteiger charge is -2.02. The Balaban J connectivity index is 2.59. The molecule has 0 radical (unpaired) electrons. The van der Waals surface area contributed by atoms with E-state index in [9.17, 15) is 14.4 Å². The lowest BCUT2D eigenvalue weighted by molar-refractivity contribution is -0.138. The summed E-state index contributed by atoms with van der Waals surface area (Å²) in [4.78, 5) is 32.4. The minimum absolute atomic E-state index is 0.133. The van der Waals surface area contributed by atoms with E-state index in [4.69, 9.17) is 10.8 Å². The summed E-state index contributed by atoms with van der Waals surface area (Å²) in [6.45, 7) is 0. The molecule has 1 aromatic rings. The highest BCUT2D eigenvalue weighted by atomic mass is 32.1. The van der Waals surface area contributed by atoms with Crippen LogP contribution in [0.3, 0.4) is 0 Å². The van der Waals surface area contributed by atoms with Crippen molar-refractivity contribution in [2.24, 2.45) is 5.73 Å². The van der Waals surface area contributed by atoms with Gasteiger partial charge >= 0.3 is 5.97 Å². The van der Waals surface area contributed by atoms with Gasteiger partial charge in [0, 0.05) is 6.42 Å². The van der Waals surface area contributed by atoms with Crippen molar-refractivity contribution >= 4 is 34.1 Å². The summed E-state index contributed by atoms with van der Waals surface area (Å²) in [6.07, 6.45) is -0.380. The molecule has 0 fully saturated rings. The first-order valence-electron chi connectivity index (χ1n) is 4.39. The van der Waals surface area contributed by atoms with E-state index >= 15 is 0 Å². The number of thiophene rings is 1. The minimum Gasteiger partial charge on any atom is -0.481 e. The first-order chi connectivity index (χ1) is 7.50. The van der Waals surface area contributed by atoms with E-state index in [0.717, 1.165) is 11.3 Å². The topological polar surface area (TPSA) is 109 Å². The van der Waals surface area contributed by atoms with Gasteiger partial charge in [-0.15, -0.1) is 11.3 Å².